The number of para-hydroxylation sites is 1. The Hall–Kier alpha value is -3.57. The SMILES string of the molecule is Cc1ccccc1-n1nc(C(=O)N/N=C/c2ccc(Br)cc2)c(C)c(C#N)c1=O. The lowest BCUT2D eigenvalue weighted by Crippen LogP contribution is -2.31. The summed E-state index contributed by atoms with van der Waals surface area (Å²) in [4.78, 5) is 25.3. The molecule has 0 atom stereocenters. The third-order valence-electron chi connectivity index (χ3n) is 4.26. The lowest BCUT2D eigenvalue weighted by molar-refractivity contribution is 0.0947. The molecule has 0 saturated heterocycles. The summed E-state index contributed by atoms with van der Waals surface area (Å²) >= 11 is 3.35. The highest BCUT2D eigenvalue weighted by Gasteiger charge is 2.20. The van der Waals surface area contributed by atoms with Crippen molar-refractivity contribution < 1.29 is 4.79 Å². The number of nitriles is 1. The number of nitrogens with zero attached hydrogens (tertiary/aromatic N) is 4. The maximum Gasteiger partial charge on any atom is 0.292 e. The Bertz CT molecular complexity index is 1210. The summed E-state index contributed by atoms with van der Waals surface area (Å²) in [7, 11) is 0. The molecule has 3 rings (SSSR count). The van der Waals surface area contributed by atoms with Gasteiger partial charge in [0.1, 0.15) is 11.6 Å². The van der Waals surface area contributed by atoms with Crippen LogP contribution in [-0.4, -0.2) is 21.9 Å². The first-order valence-corrected chi connectivity index (χ1v) is 9.40. The van der Waals surface area contributed by atoms with Gasteiger partial charge in [0.05, 0.1) is 11.9 Å². The van der Waals surface area contributed by atoms with Crippen molar-refractivity contribution >= 4 is 28.1 Å². The van der Waals surface area contributed by atoms with E-state index in [9.17, 15) is 14.9 Å². The Morgan fingerprint density at radius 3 is 2.55 bits per heavy atom. The van der Waals surface area contributed by atoms with Gasteiger partial charge in [-0.15, -0.1) is 0 Å². The lowest BCUT2D eigenvalue weighted by atomic mass is 10.1. The van der Waals surface area contributed by atoms with Gasteiger partial charge in [0, 0.05) is 10.0 Å². The van der Waals surface area contributed by atoms with Gasteiger partial charge in [-0.2, -0.15) is 20.1 Å². The van der Waals surface area contributed by atoms with Gasteiger partial charge in [0.25, 0.3) is 11.5 Å². The lowest BCUT2D eigenvalue weighted by Gasteiger charge is -2.12. The number of carbonyl (C=O) groups is 1. The number of carbonyl (C=O) groups excluding carboxylic acids is 1. The molecule has 8 heteroatoms. The molecule has 1 aromatic heterocycles. The van der Waals surface area contributed by atoms with Crippen LogP contribution in [0.4, 0.5) is 0 Å². The van der Waals surface area contributed by atoms with E-state index in [-0.39, 0.29) is 16.8 Å². The summed E-state index contributed by atoms with van der Waals surface area (Å²) in [6.07, 6.45) is 1.49. The van der Waals surface area contributed by atoms with Crippen molar-refractivity contribution in [2.75, 3.05) is 0 Å². The number of hydrogen-bond acceptors (Lipinski definition) is 5. The highest BCUT2D eigenvalue weighted by molar-refractivity contribution is 9.10. The molecule has 0 unspecified atom stereocenters. The van der Waals surface area contributed by atoms with E-state index in [1.54, 1.807) is 12.1 Å². The van der Waals surface area contributed by atoms with Gasteiger partial charge in [0.2, 0.25) is 0 Å². The van der Waals surface area contributed by atoms with E-state index in [1.165, 1.54) is 13.1 Å². The summed E-state index contributed by atoms with van der Waals surface area (Å²) in [5.74, 6) is -0.616. The molecule has 1 amide bonds. The fourth-order valence-corrected chi connectivity index (χ4v) is 2.95. The Morgan fingerprint density at radius 1 is 1.21 bits per heavy atom. The monoisotopic (exact) mass is 449 g/mol. The zero-order chi connectivity index (χ0) is 21.0. The van der Waals surface area contributed by atoms with Gasteiger partial charge >= 0.3 is 0 Å². The van der Waals surface area contributed by atoms with Crippen molar-refractivity contribution in [2.45, 2.75) is 13.8 Å². The van der Waals surface area contributed by atoms with Crippen molar-refractivity contribution in [3.63, 3.8) is 0 Å². The zero-order valence-electron chi connectivity index (χ0n) is 15.7. The van der Waals surface area contributed by atoms with Crippen LogP contribution in [0.25, 0.3) is 5.69 Å². The Morgan fingerprint density at radius 2 is 1.90 bits per heavy atom. The molecule has 144 valence electrons. The van der Waals surface area contributed by atoms with Crippen LogP contribution in [0.3, 0.4) is 0 Å². The zero-order valence-corrected chi connectivity index (χ0v) is 17.3. The summed E-state index contributed by atoms with van der Waals surface area (Å²) in [6, 6.07) is 16.3. The minimum absolute atomic E-state index is 0.0441. The standard InChI is InChI=1S/C21H16BrN5O2/c1-13-5-3-4-6-18(13)27-21(29)17(11-23)14(2)19(26-27)20(28)25-24-12-15-7-9-16(22)10-8-15/h3-10,12H,1-2H3,(H,25,28)/b24-12+. The van der Waals surface area contributed by atoms with E-state index in [0.29, 0.717) is 5.69 Å². The predicted octanol–water partition coefficient (Wildman–Crippen LogP) is 3.25. The smallest absolute Gasteiger partial charge is 0.266 e. The van der Waals surface area contributed by atoms with Crippen molar-refractivity contribution in [1.82, 2.24) is 15.2 Å². The molecular formula is C21H16BrN5O2. The molecule has 0 fully saturated rings. The summed E-state index contributed by atoms with van der Waals surface area (Å²) in [5, 5.41) is 17.6. The van der Waals surface area contributed by atoms with Crippen LogP contribution in [-0.2, 0) is 0 Å². The first kappa shape index (κ1) is 20.2. The fraction of sp³-hybridized carbons (Fsp3) is 0.0952. The number of rotatable bonds is 4. The van der Waals surface area contributed by atoms with Gasteiger partial charge in [-0.3, -0.25) is 9.59 Å². The number of hydrogen-bond donors (Lipinski definition) is 1. The Kier molecular flexibility index (Phi) is 6.00. The highest BCUT2D eigenvalue weighted by Crippen LogP contribution is 2.14. The number of aryl methyl sites for hydroxylation is 1. The third kappa shape index (κ3) is 4.31. The second kappa shape index (κ2) is 8.63. The summed E-state index contributed by atoms with van der Waals surface area (Å²) in [5.41, 5.74) is 3.93. The predicted molar refractivity (Wildman–Crippen MR) is 113 cm³/mol. The topological polar surface area (TPSA) is 100 Å². The number of benzene rings is 2. The Labute approximate surface area is 175 Å². The molecule has 3 aromatic rings. The molecule has 0 aliphatic heterocycles. The highest BCUT2D eigenvalue weighted by atomic mass is 79.9. The molecular weight excluding hydrogens is 434 g/mol. The molecule has 0 saturated carbocycles. The van der Waals surface area contributed by atoms with Gasteiger partial charge in [-0.1, -0.05) is 46.3 Å². The summed E-state index contributed by atoms with van der Waals surface area (Å²) < 4.78 is 2.01. The molecule has 0 spiro atoms. The number of hydrazone groups is 1. The van der Waals surface area contributed by atoms with E-state index >= 15 is 0 Å². The maximum absolute atomic E-state index is 12.7. The van der Waals surface area contributed by atoms with E-state index < -0.39 is 11.5 Å². The maximum atomic E-state index is 12.7. The van der Waals surface area contributed by atoms with Crippen LogP contribution < -0.4 is 11.0 Å². The largest absolute Gasteiger partial charge is 0.292 e. The van der Waals surface area contributed by atoms with E-state index in [1.807, 2.05) is 49.4 Å². The third-order valence-corrected chi connectivity index (χ3v) is 4.79. The molecule has 1 N–H and O–H groups in total. The van der Waals surface area contributed by atoms with Gasteiger partial charge in [-0.05, 0) is 43.2 Å². The van der Waals surface area contributed by atoms with E-state index in [4.69, 9.17) is 0 Å². The van der Waals surface area contributed by atoms with Crippen LogP contribution in [0.1, 0.15) is 32.7 Å². The average Bonchev–Trinajstić information content (AvgIpc) is 2.71. The normalized spacial score (nSPS) is 10.7. The van der Waals surface area contributed by atoms with Crippen molar-refractivity contribution in [1.29, 1.82) is 5.26 Å². The van der Waals surface area contributed by atoms with Crippen LogP contribution in [0.2, 0.25) is 0 Å². The van der Waals surface area contributed by atoms with E-state index in [0.717, 1.165) is 20.3 Å². The first-order valence-electron chi connectivity index (χ1n) is 8.61. The Balaban J connectivity index is 1.98. The molecule has 1 heterocycles. The molecule has 0 aliphatic carbocycles. The molecule has 0 aliphatic rings. The molecule has 0 bridgehead atoms. The quantitative estimate of drug-likeness (QED) is 0.487. The summed E-state index contributed by atoms with van der Waals surface area (Å²) in [6.45, 7) is 3.33. The van der Waals surface area contributed by atoms with E-state index in [2.05, 4.69) is 31.6 Å². The second-order valence-electron chi connectivity index (χ2n) is 6.21. The first-order chi connectivity index (χ1) is 13.9. The van der Waals surface area contributed by atoms with Gasteiger partial charge in [0.15, 0.2) is 5.69 Å². The van der Waals surface area contributed by atoms with Crippen LogP contribution in [0.5, 0.6) is 0 Å². The second-order valence-corrected chi connectivity index (χ2v) is 7.13. The van der Waals surface area contributed by atoms with Crippen molar-refractivity contribution in [2.24, 2.45) is 5.10 Å². The minimum Gasteiger partial charge on any atom is -0.266 e. The molecule has 7 nitrogen and oxygen atoms in total. The van der Waals surface area contributed by atoms with Crippen molar-refractivity contribution in [3.8, 4) is 11.8 Å². The minimum atomic E-state index is -0.616. The van der Waals surface area contributed by atoms with Gasteiger partial charge in [-0.25, -0.2) is 5.43 Å². The van der Waals surface area contributed by atoms with Crippen LogP contribution in [0.15, 0.2) is 62.9 Å². The molecule has 2 aromatic carbocycles. The number of aromatic nitrogens is 2. The fourth-order valence-electron chi connectivity index (χ4n) is 2.68. The average molecular weight is 450 g/mol. The van der Waals surface area contributed by atoms with Gasteiger partial charge < -0.3 is 0 Å². The van der Waals surface area contributed by atoms with Crippen molar-refractivity contribution in [3.05, 3.63) is 91.3 Å². The number of nitrogens with one attached hydrogen (secondary N) is 1. The van der Waals surface area contributed by atoms with Crippen LogP contribution >= 0.6 is 15.9 Å². The number of halogens is 1. The molecule has 29 heavy (non-hydrogen) atoms. The molecule has 0 radical (unpaired) electrons. The number of amides is 1. The van der Waals surface area contributed by atoms with Crippen LogP contribution in [0, 0.1) is 25.2 Å².